The van der Waals surface area contributed by atoms with Crippen LogP contribution in [-0.2, 0) is 6.42 Å². The first-order valence-corrected chi connectivity index (χ1v) is 8.84. The summed E-state index contributed by atoms with van der Waals surface area (Å²) in [5, 5.41) is 2.98. The highest BCUT2D eigenvalue weighted by molar-refractivity contribution is 5.74. The Bertz CT molecular complexity index is 703. The Morgan fingerprint density at radius 2 is 2.00 bits per heavy atom. The molecular formula is C19H24N4O3. The Hall–Kier alpha value is -2.83. The van der Waals surface area contributed by atoms with E-state index in [9.17, 15) is 4.79 Å². The predicted molar refractivity (Wildman–Crippen MR) is 97.4 cm³/mol. The molecule has 0 saturated carbocycles. The number of aromatic nitrogens is 2. The standard InChI is InChI=1S/C19H24N4O3/c1-25-17-5-2-4-15(14-17)6-11-22-19(24)23-12-7-16(8-13-23)26-18-20-9-3-10-21-18/h2-5,9-10,14,16H,6-8,11-13H2,1H3,(H,22,24). The molecule has 2 amide bonds. The lowest BCUT2D eigenvalue weighted by Crippen LogP contribution is -2.47. The predicted octanol–water partition coefficient (Wildman–Crippen LogP) is 2.28. The molecule has 1 aliphatic heterocycles. The van der Waals surface area contributed by atoms with E-state index in [2.05, 4.69) is 15.3 Å². The third kappa shape index (κ3) is 5.08. The van der Waals surface area contributed by atoms with Gasteiger partial charge in [-0.2, -0.15) is 0 Å². The van der Waals surface area contributed by atoms with Gasteiger partial charge in [0, 0.05) is 44.9 Å². The van der Waals surface area contributed by atoms with E-state index in [-0.39, 0.29) is 12.1 Å². The second-order valence-electron chi connectivity index (χ2n) is 6.17. The molecule has 0 spiro atoms. The molecule has 2 aromatic rings. The average Bonchev–Trinajstić information content (AvgIpc) is 2.69. The molecule has 7 heteroatoms. The van der Waals surface area contributed by atoms with E-state index >= 15 is 0 Å². The number of nitrogens with one attached hydrogen (secondary N) is 1. The maximum Gasteiger partial charge on any atom is 0.317 e. The van der Waals surface area contributed by atoms with Crippen LogP contribution in [0.2, 0.25) is 0 Å². The van der Waals surface area contributed by atoms with Crippen molar-refractivity contribution in [3.05, 3.63) is 48.3 Å². The molecule has 1 aromatic heterocycles. The van der Waals surface area contributed by atoms with Gasteiger partial charge in [0.15, 0.2) is 0 Å². The van der Waals surface area contributed by atoms with Crippen LogP contribution in [0.5, 0.6) is 11.8 Å². The van der Waals surface area contributed by atoms with Crippen molar-refractivity contribution < 1.29 is 14.3 Å². The zero-order valence-corrected chi connectivity index (χ0v) is 14.9. The minimum atomic E-state index is -0.0256. The second kappa shape index (κ2) is 9.03. The molecule has 0 aliphatic carbocycles. The number of rotatable bonds is 6. The minimum absolute atomic E-state index is 0.0256. The summed E-state index contributed by atoms with van der Waals surface area (Å²) < 4.78 is 11.0. The van der Waals surface area contributed by atoms with Crippen molar-refractivity contribution in [1.82, 2.24) is 20.2 Å². The summed E-state index contributed by atoms with van der Waals surface area (Å²) in [7, 11) is 1.65. The molecular weight excluding hydrogens is 332 g/mol. The Balaban J connectivity index is 1.38. The number of piperidine rings is 1. The third-order valence-corrected chi connectivity index (χ3v) is 4.37. The molecule has 26 heavy (non-hydrogen) atoms. The Morgan fingerprint density at radius 3 is 2.73 bits per heavy atom. The quantitative estimate of drug-likeness (QED) is 0.859. The van der Waals surface area contributed by atoms with Crippen molar-refractivity contribution >= 4 is 6.03 Å². The summed E-state index contributed by atoms with van der Waals surface area (Å²) in [5.74, 6) is 0.832. The van der Waals surface area contributed by atoms with Crippen molar-refractivity contribution in [2.24, 2.45) is 0 Å². The molecule has 1 aliphatic rings. The number of methoxy groups -OCH3 is 1. The van der Waals surface area contributed by atoms with Gasteiger partial charge < -0.3 is 19.7 Å². The Labute approximate surface area is 153 Å². The van der Waals surface area contributed by atoms with E-state index in [1.165, 1.54) is 0 Å². The highest BCUT2D eigenvalue weighted by Crippen LogP contribution is 2.16. The maximum atomic E-state index is 12.3. The number of benzene rings is 1. The van der Waals surface area contributed by atoms with Crippen LogP contribution >= 0.6 is 0 Å². The van der Waals surface area contributed by atoms with Gasteiger partial charge in [-0.05, 0) is 30.2 Å². The molecule has 7 nitrogen and oxygen atoms in total. The van der Waals surface area contributed by atoms with Crippen LogP contribution in [0.1, 0.15) is 18.4 Å². The van der Waals surface area contributed by atoms with Crippen LogP contribution in [0, 0.1) is 0 Å². The van der Waals surface area contributed by atoms with E-state index < -0.39 is 0 Å². The molecule has 0 atom stereocenters. The van der Waals surface area contributed by atoms with E-state index in [1.807, 2.05) is 29.2 Å². The molecule has 1 fully saturated rings. The first-order chi connectivity index (χ1) is 12.7. The van der Waals surface area contributed by atoms with E-state index in [1.54, 1.807) is 25.6 Å². The van der Waals surface area contributed by atoms with Crippen molar-refractivity contribution in [2.45, 2.75) is 25.4 Å². The fraction of sp³-hybridized carbons (Fsp3) is 0.421. The Kier molecular flexibility index (Phi) is 6.24. The topological polar surface area (TPSA) is 76.6 Å². The largest absolute Gasteiger partial charge is 0.497 e. The van der Waals surface area contributed by atoms with Gasteiger partial charge in [-0.15, -0.1) is 0 Å². The SMILES string of the molecule is COc1cccc(CCNC(=O)N2CCC(Oc3ncccn3)CC2)c1. The van der Waals surface area contributed by atoms with Gasteiger partial charge in [-0.25, -0.2) is 14.8 Å². The smallest absolute Gasteiger partial charge is 0.317 e. The molecule has 0 bridgehead atoms. The van der Waals surface area contributed by atoms with Crippen molar-refractivity contribution in [2.75, 3.05) is 26.7 Å². The lowest BCUT2D eigenvalue weighted by molar-refractivity contribution is 0.103. The minimum Gasteiger partial charge on any atom is -0.497 e. The van der Waals surface area contributed by atoms with E-state index in [0.29, 0.717) is 25.6 Å². The fourth-order valence-electron chi connectivity index (χ4n) is 2.93. The summed E-state index contributed by atoms with van der Waals surface area (Å²) in [6.07, 6.45) is 5.70. The molecule has 2 heterocycles. The van der Waals surface area contributed by atoms with Crippen LogP contribution in [0.4, 0.5) is 4.79 Å². The molecule has 138 valence electrons. The number of carbonyl (C=O) groups excluding carboxylic acids is 1. The van der Waals surface area contributed by atoms with Crippen LogP contribution in [0.25, 0.3) is 0 Å². The number of urea groups is 1. The van der Waals surface area contributed by atoms with Crippen LogP contribution in [0.3, 0.4) is 0 Å². The number of hydrogen-bond donors (Lipinski definition) is 1. The first kappa shape index (κ1) is 18.0. The third-order valence-electron chi connectivity index (χ3n) is 4.37. The van der Waals surface area contributed by atoms with Gasteiger partial charge in [0.05, 0.1) is 7.11 Å². The molecule has 1 N–H and O–H groups in total. The van der Waals surface area contributed by atoms with Crippen molar-refractivity contribution in [1.29, 1.82) is 0 Å². The number of ether oxygens (including phenoxy) is 2. The van der Waals surface area contributed by atoms with E-state index in [0.717, 1.165) is 30.6 Å². The number of nitrogens with zero attached hydrogens (tertiary/aromatic N) is 3. The lowest BCUT2D eigenvalue weighted by Gasteiger charge is -2.31. The van der Waals surface area contributed by atoms with Crippen LogP contribution in [0.15, 0.2) is 42.7 Å². The maximum absolute atomic E-state index is 12.3. The van der Waals surface area contributed by atoms with Crippen LogP contribution in [-0.4, -0.2) is 53.7 Å². The van der Waals surface area contributed by atoms with Gasteiger partial charge in [0.2, 0.25) is 0 Å². The highest BCUT2D eigenvalue weighted by atomic mass is 16.5. The Morgan fingerprint density at radius 1 is 1.23 bits per heavy atom. The molecule has 3 rings (SSSR count). The van der Waals surface area contributed by atoms with Crippen LogP contribution < -0.4 is 14.8 Å². The van der Waals surface area contributed by atoms with Gasteiger partial charge >= 0.3 is 12.0 Å². The molecule has 0 radical (unpaired) electrons. The van der Waals surface area contributed by atoms with E-state index in [4.69, 9.17) is 9.47 Å². The van der Waals surface area contributed by atoms with Gasteiger partial charge in [-0.1, -0.05) is 12.1 Å². The van der Waals surface area contributed by atoms with Gasteiger partial charge in [0.1, 0.15) is 11.9 Å². The lowest BCUT2D eigenvalue weighted by atomic mass is 10.1. The van der Waals surface area contributed by atoms with Crippen molar-refractivity contribution in [3.8, 4) is 11.8 Å². The summed E-state index contributed by atoms with van der Waals surface area (Å²) in [5.41, 5.74) is 1.14. The summed E-state index contributed by atoms with van der Waals surface area (Å²) in [4.78, 5) is 22.3. The molecule has 1 aromatic carbocycles. The first-order valence-electron chi connectivity index (χ1n) is 8.84. The summed E-state index contributed by atoms with van der Waals surface area (Å²) >= 11 is 0. The fourth-order valence-corrected chi connectivity index (χ4v) is 2.93. The summed E-state index contributed by atoms with van der Waals surface area (Å²) in [6, 6.07) is 10.0. The molecule has 1 saturated heterocycles. The monoisotopic (exact) mass is 356 g/mol. The number of hydrogen-bond acceptors (Lipinski definition) is 5. The average molecular weight is 356 g/mol. The highest BCUT2D eigenvalue weighted by Gasteiger charge is 2.24. The normalized spacial score (nSPS) is 14.7. The zero-order valence-electron chi connectivity index (χ0n) is 14.9. The number of carbonyl (C=O) groups is 1. The number of amides is 2. The second-order valence-corrected chi connectivity index (χ2v) is 6.17. The number of likely N-dealkylation sites (tertiary alicyclic amines) is 1. The van der Waals surface area contributed by atoms with Gasteiger partial charge in [0.25, 0.3) is 0 Å². The molecule has 0 unspecified atom stereocenters. The van der Waals surface area contributed by atoms with Crippen molar-refractivity contribution in [3.63, 3.8) is 0 Å². The summed E-state index contributed by atoms with van der Waals surface area (Å²) in [6.45, 7) is 1.94. The van der Waals surface area contributed by atoms with Gasteiger partial charge in [-0.3, -0.25) is 0 Å². The zero-order chi connectivity index (χ0) is 18.2.